The molecule has 3 heteroatoms. The van der Waals surface area contributed by atoms with Crippen molar-refractivity contribution in [3.8, 4) is 5.75 Å². The fourth-order valence-electron chi connectivity index (χ4n) is 2.05. The van der Waals surface area contributed by atoms with Crippen molar-refractivity contribution in [2.75, 3.05) is 0 Å². The van der Waals surface area contributed by atoms with E-state index >= 15 is 0 Å². The van der Waals surface area contributed by atoms with E-state index in [4.69, 9.17) is 4.74 Å². The summed E-state index contributed by atoms with van der Waals surface area (Å²) in [6, 6.07) is 14.1. The third-order valence-corrected chi connectivity index (χ3v) is 4.38. The van der Waals surface area contributed by atoms with Crippen LogP contribution in [0, 0.1) is 5.41 Å². The van der Waals surface area contributed by atoms with Crippen LogP contribution in [0.2, 0.25) is 0 Å². The standard InChI is InChI=1S/C17H16O2S/c1-17(2,3)16(18)19-13-9-6-8-12-11-7-4-5-10-14(11)20-15(12)13/h4-10H,1-3H3. The van der Waals surface area contributed by atoms with Gasteiger partial charge >= 0.3 is 5.97 Å². The molecule has 3 rings (SSSR count). The van der Waals surface area contributed by atoms with Gasteiger partial charge < -0.3 is 4.74 Å². The first-order valence-corrected chi connectivity index (χ1v) is 7.41. The Bertz CT molecular complexity index is 793. The second-order valence-corrected chi connectivity index (χ2v) is 6.92. The Balaban J connectivity index is 2.15. The Kier molecular flexibility index (Phi) is 3.02. The first kappa shape index (κ1) is 13.1. The fraction of sp³-hybridized carbons (Fsp3) is 0.235. The molecule has 0 unspecified atom stereocenters. The smallest absolute Gasteiger partial charge is 0.316 e. The summed E-state index contributed by atoms with van der Waals surface area (Å²) < 4.78 is 7.84. The second-order valence-electron chi connectivity index (χ2n) is 5.87. The van der Waals surface area contributed by atoms with Crippen LogP contribution in [0.15, 0.2) is 42.5 Å². The van der Waals surface area contributed by atoms with Gasteiger partial charge in [-0.2, -0.15) is 0 Å². The van der Waals surface area contributed by atoms with Gasteiger partial charge in [-0.15, -0.1) is 11.3 Å². The van der Waals surface area contributed by atoms with E-state index in [1.807, 2.05) is 45.0 Å². The minimum Gasteiger partial charge on any atom is -0.425 e. The number of ether oxygens (including phenoxy) is 1. The number of thiophene rings is 1. The van der Waals surface area contributed by atoms with Crippen LogP contribution in [0.25, 0.3) is 20.2 Å². The molecule has 1 heterocycles. The number of hydrogen-bond donors (Lipinski definition) is 0. The molecule has 2 aromatic carbocycles. The zero-order valence-electron chi connectivity index (χ0n) is 11.8. The first-order valence-electron chi connectivity index (χ1n) is 6.59. The zero-order valence-corrected chi connectivity index (χ0v) is 12.6. The summed E-state index contributed by atoms with van der Waals surface area (Å²) >= 11 is 1.66. The maximum Gasteiger partial charge on any atom is 0.316 e. The van der Waals surface area contributed by atoms with Crippen molar-refractivity contribution >= 4 is 37.5 Å². The van der Waals surface area contributed by atoms with Gasteiger partial charge in [-0.1, -0.05) is 30.3 Å². The van der Waals surface area contributed by atoms with E-state index in [9.17, 15) is 4.79 Å². The molecule has 0 saturated heterocycles. The van der Waals surface area contributed by atoms with Gasteiger partial charge in [0, 0.05) is 15.5 Å². The molecule has 0 amide bonds. The molecule has 0 N–H and O–H groups in total. The minimum atomic E-state index is -0.501. The van der Waals surface area contributed by atoms with Gasteiger partial charge in [0.1, 0.15) is 5.75 Å². The lowest BCUT2D eigenvalue weighted by molar-refractivity contribution is -0.142. The Morgan fingerprint density at radius 1 is 1.00 bits per heavy atom. The van der Waals surface area contributed by atoms with E-state index in [2.05, 4.69) is 18.2 Å². The van der Waals surface area contributed by atoms with E-state index in [0.29, 0.717) is 5.75 Å². The molecule has 0 bridgehead atoms. The van der Waals surface area contributed by atoms with Crippen molar-refractivity contribution in [1.82, 2.24) is 0 Å². The second kappa shape index (κ2) is 4.60. The van der Waals surface area contributed by atoms with Crippen molar-refractivity contribution < 1.29 is 9.53 Å². The van der Waals surface area contributed by atoms with Crippen LogP contribution in [0.5, 0.6) is 5.75 Å². The highest BCUT2D eigenvalue weighted by Crippen LogP contribution is 2.39. The highest BCUT2D eigenvalue weighted by Gasteiger charge is 2.24. The van der Waals surface area contributed by atoms with E-state index < -0.39 is 5.41 Å². The predicted molar refractivity (Wildman–Crippen MR) is 84.4 cm³/mol. The Morgan fingerprint density at radius 2 is 1.70 bits per heavy atom. The number of fused-ring (bicyclic) bond motifs is 3. The Labute approximate surface area is 122 Å². The number of carbonyl (C=O) groups is 1. The molecule has 0 atom stereocenters. The summed E-state index contributed by atoms with van der Waals surface area (Å²) in [4.78, 5) is 12.1. The van der Waals surface area contributed by atoms with E-state index in [1.54, 1.807) is 11.3 Å². The van der Waals surface area contributed by atoms with Crippen molar-refractivity contribution in [2.24, 2.45) is 5.41 Å². The largest absolute Gasteiger partial charge is 0.425 e. The normalized spacial score (nSPS) is 11.9. The molecule has 20 heavy (non-hydrogen) atoms. The van der Waals surface area contributed by atoms with Crippen LogP contribution in [-0.4, -0.2) is 5.97 Å². The van der Waals surface area contributed by atoms with Gasteiger partial charge in [0.25, 0.3) is 0 Å². The number of carbonyl (C=O) groups excluding carboxylic acids is 1. The summed E-state index contributed by atoms with van der Waals surface area (Å²) in [5.41, 5.74) is -0.501. The zero-order chi connectivity index (χ0) is 14.3. The highest BCUT2D eigenvalue weighted by molar-refractivity contribution is 7.26. The summed E-state index contributed by atoms with van der Waals surface area (Å²) in [5.74, 6) is 0.450. The molecular formula is C17H16O2S. The number of rotatable bonds is 1. The number of benzene rings is 2. The molecule has 0 saturated carbocycles. The summed E-state index contributed by atoms with van der Waals surface area (Å²) in [5, 5.41) is 2.35. The van der Waals surface area contributed by atoms with Crippen molar-refractivity contribution in [1.29, 1.82) is 0 Å². The molecule has 0 spiro atoms. The van der Waals surface area contributed by atoms with Crippen LogP contribution >= 0.6 is 11.3 Å². The lowest BCUT2D eigenvalue weighted by Gasteiger charge is -2.16. The summed E-state index contributed by atoms with van der Waals surface area (Å²) in [7, 11) is 0. The Hall–Kier alpha value is -1.87. The molecule has 1 aromatic heterocycles. The number of hydrogen-bond acceptors (Lipinski definition) is 3. The average molecular weight is 284 g/mol. The topological polar surface area (TPSA) is 26.3 Å². The summed E-state index contributed by atoms with van der Waals surface area (Å²) in [6.07, 6.45) is 0. The van der Waals surface area contributed by atoms with Gasteiger partial charge in [0.05, 0.1) is 10.1 Å². The summed E-state index contributed by atoms with van der Waals surface area (Å²) in [6.45, 7) is 5.58. The van der Waals surface area contributed by atoms with Crippen molar-refractivity contribution in [2.45, 2.75) is 20.8 Å². The van der Waals surface area contributed by atoms with Crippen LogP contribution in [0.4, 0.5) is 0 Å². The molecule has 0 fully saturated rings. The highest BCUT2D eigenvalue weighted by atomic mass is 32.1. The van der Waals surface area contributed by atoms with Crippen molar-refractivity contribution in [3.63, 3.8) is 0 Å². The van der Waals surface area contributed by atoms with Crippen LogP contribution in [0.1, 0.15) is 20.8 Å². The third-order valence-electron chi connectivity index (χ3n) is 3.18. The van der Waals surface area contributed by atoms with Gasteiger partial charge in [-0.3, -0.25) is 4.79 Å². The molecule has 2 nitrogen and oxygen atoms in total. The molecular weight excluding hydrogens is 268 g/mol. The van der Waals surface area contributed by atoms with Crippen LogP contribution in [0.3, 0.4) is 0 Å². The molecule has 0 radical (unpaired) electrons. The van der Waals surface area contributed by atoms with Gasteiger partial charge in [0.2, 0.25) is 0 Å². The quantitative estimate of drug-likeness (QED) is 0.464. The lowest BCUT2D eigenvalue weighted by atomic mass is 9.97. The SMILES string of the molecule is CC(C)(C)C(=O)Oc1cccc2c1sc1ccccc12. The van der Waals surface area contributed by atoms with Crippen LogP contribution in [-0.2, 0) is 4.79 Å². The first-order chi connectivity index (χ1) is 9.47. The van der Waals surface area contributed by atoms with Crippen LogP contribution < -0.4 is 4.74 Å². The van der Waals surface area contributed by atoms with Gasteiger partial charge in [-0.25, -0.2) is 0 Å². The van der Waals surface area contributed by atoms with E-state index in [1.165, 1.54) is 10.1 Å². The minimum absolute atomic E-state index is 0.206. The molecule has 0 aliphatic heterocycles. The lowest BCUT2D eigenvalue weighted by Crippen LogP contribution is -2.25. The third kappa shape index (κ3) is 2.18. The van der Waals surface area contributed by atoms with Gasteiger partial charge in [0.15, 0.2) is 0 Å². The molecule has 0 aliphatic carbocycles. The molecule has 102 valence electrons. The predicted octanol–water partition coefficient (Wildman–Crippen LogP) is 5.01. The average Bonchev–Trinajstić information content (AvgIpc) is 2.77. The van der Waals surface area contributed by atoms with Crippen molar-refractivity contribution in [3.05, 3.63) is 42.5 Å². The molecule has 3 aromatic rings. The monoisotopic (exact) mass is 284 g/mol. The number of esters is 1. The van der Waals surface area contributed by atoms with E-state index in [0.717, 1.165) is 10.1 Å². The Morgan fingerprint density at radius 3 is 2.45 bits per heavy atom. The maximum atomic E-state index is 12.1. The van der Waals surface area contributed by atoms with E-state index in [-0.39, 0.29) is 5.97 Å². The molecule has 0 aliphatic rings. The van der Waals surface area contributed by atoms with Gasteiger partial charge in [-0.05, 0) is 32.9 Å². The fourth-order valence-corrected chi connectivity index (χ4v) is 3.21. The maximum absolute atomic E-state index is 12.1.